The molecule has 0 amide bonds. The molecule has 5 nitrogen and oxygen atoms in total. The first-order chi connectivity index (χ1) is 9.65. The van der Waals surface area contributed by atoms with Crippen molar-refractivity contribution in [1.29, 1.82) is 0 Å². The molecule has 1 aromatic carbocycles. The lowest BCUT2D eigenvalue weighted by molar-refractivity contribution is 0.499. The van der Waals surface area contributed by atoms with Crippen LogP contribution >= 0.6 is 11.6 Å². The van der Waals surface area contributed by atoms with Crippen molar-refractivity contribution >= 4 is 11.6 Å². The second-order valence-electron chi connectivity index (χ2n) is 4.83. The van der Waals surface area contributed by atoms with Crippen molar-refractivity contribution in [2.24, 2.45) is 5.84 Å². The zero-order valence-electron chi connectivity index (χ0n) is 11.8. The number of aromatic nitrogens is 3. The van der Waals surface area contributed by atoms with Gasteiger partial charge in [0.25, 0.3) is 0 Å². The Bertz CT molecular complexity index is 566. The summed E-state index contributed by atoms with van der Waals surface area (Å²) in [4.78, 5) is 4.31. The SMILES string of the molecule is CCCn1ncnc1CC(NN)c1ccc(C)c(Cl)c1. The van der Waals surface area contributed by atoms with E-state index < -0.39 is 0 Å². The van der Waals surface area contributed by atoms with Gasteiger partial charge in [-0.05, 0) is 30.5 Å². The Morgan fingerprint density at radius 2 is 2.25 bits per heavy atom. The fourth-order valence-corrected chi connectivity index (χ4v) is 2.32. The van der Waals surface area contributed by atoms with Gasteiger partial charge >= 0.3 is 0 Å². The van der Waals surface area contributed by atoms with Crippen LogP contribution in [0.3, 0.4) is 0 Å². The van der Waals surface area contributed by atoms with Crippen molar-refractivity contribution in [3.8, 4) is 0 Å². The summed E-state index contributed by atoms with van der Waals surface area (Å²) >= 11 is 6.18. The summed E-state index contributed by atoms with van der Waals surface area (Å²) in [6.07, 6.45) is 3.28. The van der Waals surface area contributed by atoms with E-state index in [1.165, 1.54) is 0 Å². The Balaban J connectivity index is 2.19. The molecule has 0 saturated heterocycles. The number of nitrogens with two attached hydrogens (primary N) is 1. The van der Waals surface area contributed by atoms with Gasteiger partial charge in [0.1, 0.15) is 12.2 Å². The Kier molecular flexibility index (Phi) is 5.11. The third kappa shape index (κ3) is 3.36. The van der Waals surface area contributed by atoms with Crippen molar-refractivity contribution in [3.63, 3.8) is 0 Å². The largest absolute Gasteiger partial charge is 0.271 e. The third-order valence-corrected chi connectivity index (χ3v) is 3.72. The summed E-state index contributed by atoms with van der Waals surface area (Å²) in [5.74, 6) is 6.61. The second-order valence-corrected chi connectivity index (χ2v) is 5.24. The minimum atomic E-state index is -0.0343. The maximum atomic E-state index is 6.18. The van der Waals surface area contributed by atoms with Crippen LogP contribution in [0.15, 0.2) is 24.5 Å². The van der Waals surface area contributed by atoms with Gasteiger partial charge in [0, 0.05) is 18.0 Å². The van der Waals surface area contributed by atoms with E-state index in [1.54, 1.807) is 6.33 Å². The number of rotatable bonds is 6. The van der Waals surface area contributed by atoms with Crippen LogP contribution in [0.5, 0.6) is 0 Å². The van der Waals surface area contributed by atoms with Gasteiger partial charge in [0.2, 0.25) is 0 Å². The van der Waals surface area contributed by atoms with Gasteiger partial charge < -0.3 is 0 Å². The molecule has 2 rings (SSSR count). The summed E-state index contributed by atoms with van der Waals surface area (Å²) in [6, 6.07) is 5.94. The topological polar surface area (TPSA) is 68.8 Å². The van der Waals surface area contributed by atoms with Crippen LogP contribution in [0.2, 0.25) is 5.02 Å². The fraction of sp³-hybridized carbons (Fsp3) is 0.429. The molecule has 1 heterocycles. The van der Waals surface area contributed by atoms with Gasteiger partial charge in [-0.15, -0.1) is 0 Å². The zero-order chi connectivity index (χ0) is 14.5. The van der Waals surface area contributed by atoms with Crippen LogP contribution < -0.4 is 11.3 Å². The number of hydrazine groups is 1. The highest BCUT2D eigenvalue weighted by Gasteiger charge is 2.15. The number of hydrogen-bond acceptors (Lipinski definition) is 4. The molecule has 1 unspecified atom stereocenters. The summed E-state index contributed by atoms with van der Waals surface area (Å²) in [6.45, 7) is 4.96. The van der Waals surface area contributed by atoms with E-state index in [1.807, 2.05) is 29.8 Å². The van der Waals surface area contributed by atoms with E-state index in [0.717, 1.165) is 34.9 Å². The van der Waals surface area contributed by atoms with Gasteiger partial charge in [-0.1, -0.05) is 30.7 Å². The number of hydrogen-bond donors (Lipinski definition) is 2. The summed E-state index contributed by atoms with van der Waals surface area (Å²) in [5.41, 5.74) is 4.94. The first kappa shape index (κ1) is 15.0. The standard InChI is InChI=1S/C14H20ClN5/c1-3-6-20-14(17-9-18-20)8-13(19-16)11-5-4-10(2)12(15)7-11/h4-5,7,9,13,19H,3,6,8,16H2,1-2H3. The zero-order valence-corrected chi connectivity index (χ0v) is 12.6. The van der Waals surface area contributed by atoms with Gasteiger partial charge in [-0.3, -0.25) is 16.0 Å². The lowest BCUT2D eigenvalue weighted by Crippen LogP contribution is -2.30. The molecule has 0 aliphatic heterocycles. The molecular formula is C14H20ClN5. The Hall–Kier alpha value is -1.43. The number of benzene rings is 1. The van der Waals surface area contributed by atoms with E-state index >= 15 is 0 Å². The van der Waals surface area contributed by atoms with Crippen LogP contribution in [-0.2, 0) is 13.0 Å². The van der Waals surface area contributed by atoms with Crippen LogP contribution in [-0.4, -0.2) is 14.8 Å². The Morgan fingerprint density at radius 3 is 2.90 bits per heavy atom. The van der Waals surface area contributed by atoms with E-state index in [-0.39, 0.29) is 6.04 Å². The van der Waals surface area contributed by atoms with Crippen LogP contribution in [0.1, 0.15) is 36.3 Å². The molecule has 3 N–H and O–H groups in total. The third-order valence-electron chi connectivity index (χ3n) is 3.32. The first-order valence-corrected chi connectivity index (χ1v) is 7.12. The molecular weight excluding hydrogens is 274 g/mol. The first-order valence-electron chi connectivity index (χ1n) is 6.74. The highest BCUT2D eigenvalue weighted by molar-refractivity contribution is 6.31. The number of halogens is 1. The monoisotopic (exact) mass is 293 g/mol. The Morgan fingerprint density at radius 1 is 1.45 bits per heavy atom. The van der Waals surface area contributed by atoms with Gasteiger partial charge in [-0.2, -0.15) is 5.10 Å². The second kappa shape index (κ2) is 6.83. The van der Waals surface area contributed by atoms with Crippen LogP contribution in [0.25, 0.3) is 0 Å². The fourth-order valence-electron chi connectivity index (χ4n) is 2.13. The molecule has 20 heavy (non-hydrogen) atoms. The van der Waals surface area contributed by atoms with E-state index in [0.29, 0.717) is 6.42 Å². The Labute approximate surface area is 124 Å². The summed E-state index contributed by atoms with van der Waals surface area (Å²) in [5, 5.41) is 4.98. The molecule has 1 aromatic heterocycles. The molecule has 2 aromatic rings. The average molecular weight is 294 g/mol. The van der Waals surface area contributed by atoms with Crippen LogP contribution in [0, 0.1) is 6.92 Å². The van der Waals surface area contributed by atoms with Crippen molar-refractivity contribution in [1.82, 2.24) is 20.2 Å². The molecule has 0 spiro atoms. The van der Waals surface area contributed by atoms with Gasteiger partial charge in [0.05, 0.1) is 6.04 Å². The summed E-state index contributed by atoms with van der Waals surface area (Å²) in [7, 11) is 0. The molecule has 0 aliphatic rings. The molecule has 0 aliphatic carbocycles. The van der Waals surface area contributed by atoms with Gasteiger partial charge in [-0.25, -0.2) is 4.98 Å². The molecule has 1 atom stereocenters. The van der Waals surface area contributed by atoms with E-state index in [4.69, 9.17) is 17.4 Å². The van der Waals surface area contributed by atoms with E-state index in [2.05, 4.69) is 22.4 Å². The normalized spacial score (nSPS) is 12.6. The number of aryl methyl sites for hydroxylation is 2. The van der Waals surface area contributed by atoms with Crippen molar-refractivity contribution in [3.05, 3.63) is 46.5 Å². The minimum absolute atomic E-state index is 0.0343. The predicted molar refractivity (Wildman–Crippen MR) is 80.3 cm³/mol. The quantitative estimate of drug-likeness (QED) is 0.634. The molecule has 0 bridgehead atoms. The van der Waals surface area contributed by atoms with Crippen molar-refractivity contribution < 1.29 is 0 Å². The van der Waals surface area contributed by atoms with Crippen molar-refractivity contribution in [2.45, 2.75) is 39.3 Å². The lowest BCUT2D eigenvalue weighted by Gasteiger charge is -2.17. The van der Waals surface area contributed by atoms with Crippen LogP contribution in [0.4, 0.5) is 0 Å². The molecule has 0 radical (unpaired) electrons. The average Bonchev–Trinajstić information content (AvgIpc) is 2.87. The maximum absolute atomic E-state index is 6.18. The smallest absolute Gasteiger partial charge is 0.138 e. The molecule has 0 saturated carbocycles. The molecule has 0 fully saturated rings. The predicted octanol–water partition coefficient (Wildman–Crippen LogP) is 2.40. The summed E-state index contributed by atoms with van der Waals surface area (Å²) < 4.78 is 1.92. The highest BCUT2D eigenvalue weighted by Crippen LogP contribution is 2.23. The highest BCUT2D eigenvalue weighted by atomic mass is 35.5. The number of nitrogens with one attached hydrogen (secondary N) is 1. The number of nitrogens with zero attached hydrogens (tertiary/aromatic N) is 3. The minimum Gasteiger partial charge on any atom is -0.271 e. The van der Waals surface area contributed by atoms with Gasteiger partial charge in [0.15, 0.2) is 0 Å². The van der Waals surface area contributed by atoms with E-state index in [9.17, 15) is 0 Å². The molecule has 6 heteroatoms. The van der Waals surface area contributed by atoms with Crippen molar-refractivity contribution in [2.75, 3.05) is 0 Å². The lowest BCUT2D eigenvalue weighted by atomic mass is 10.0. The maximum Gasteiger partial charge on any atom is 0.138 e. The molecule has 108 valence electrons.